The van der Waals surface area contributed by atoms with Gasteiger partial charge < -0.3 is 14.5 Å². The summed E-state index contributed by atoms with van der Waals surface area (Å²) >= 11 is 0. The second-order valence-corrected chi connectivity index (χ2v) is 10.1. The van der Waals surface area contributed by atoms with Crippen molar-refractivity contribution in [1.82, 2.24) is 24.4 Å². The standard InChI is InChI=1S/C37H42N6/c1-8-19-39-24-33-31-18-21-41-26-37(31)43(35(33)12-5)29(10-3)16-15-27(6)28(9-2)14-13-22-42-34(11-4)32(23-38-7)30-17-20-40-25-36(30)42/h8-11,13-18,20-21,24-26,38H,1,3-4,12,19,22-23H2,2,5-7H3/b14-13-,27-15+,28-9+,29-16+,39-24?. The zero-order chi connectivity index (χ0) is 30.8. The summed E-state index contributed by atoms with van der Waals surface area (Å²) in [6.07, 6.45) is 26.7. The van der Waals surface area contributed by atoms with Crippen molar-refractivity contribution in [3.8, 4) is 0 Å². The Labute approximate surface area is 255 Å². The van der Waals surface area contributed by atoms with Crippen molar-refractivity contribution in [1.29, 1.82) is 0 Å². The van der Waals surface area contributed by atoms with E-state index in [0.29, 0.717) is 13.1 Å². The average Bonchev–Trinajstić information content (AvgIpc) is 3.51. The van der Waals surface area contributed by atoms with Gasteiger partial charge in [-0.3, -0.25) is 15.0 Å². The molecule has 0 atom stereocenters. The van der Waals surface area contributed by atoms with Gasteiger partial charge in [-0.15, -0.1) is 6.58 Å². The molecule has 0 aliphatic rings. The number of aliphatic imine (C=N–C) groups is 1. The third-order valence-corrected chi connectivity index (χ3v) is 7.59. The summed E-state index contributed by atoms with van der Waals surface area (Å²) in [6, 6.07) is 4.13. The number of aromatic nitrogens is 4. The van der Waals surface area contributed by atoms with Crippen LogP contribution in [-0.2, 0) is 19.5 Å². The summed E-state index contributed by atoms with van der Waals surface area (Å²) in [5, 5.41) is 5.61. The molecule has 0 bridgehead atoms. The van der Waals surface area contributed by atoms with E-state index in [0.717, 1.165) is 57.5 Å². The van der Waals surface area contributed by atoms with Crippen LogP contribution < -0.4 is 5.32 Å². The molecule has 6 heteroatoms. The van der Waals surface area contributed by atoms with Crippen LogP contribution in [-0.4, -0.2) is 38.9 Å². The number of nitrogens with one attached hydrogen (secondary N) is 1. The van der Waals surface area contributed by atoms with E-state index < -0.39 is 0 Å². The molecule has 220 valence electrons. The molecule has 0 aliphatic heterocycles. The fraction of sp³-hybridized carbons (Fsp3) is 0.216. The Morgan fingerprint density at radius 1 is 1.05 bits per heavy atom. The third kappa shape index (κ3) is 6.50. The summed E-state index contributed by atoms with van der Waals surface area (Å²) in [4.78, 5) is 13.4. The smallest absolute Gasteiger partial charge is 0.0721 e. The van der Waals surface area contributed by atoms with Gasteiger partial charge in [0.05, 0.1) is 30.0 Å². The number of nitrogens with zero attached hydrogens (tertiary/aromatic N) is 5. The van der Waals surface area contributed by atoms with Crippen molar-refractivity contribution in [2.75, 3.05) is 13.6 Å². The summed E-state index contributed by atoms with van der Waals surface area (Å²) in [7, 11) is 1.97. The number of fused-ring (bicyclic) bond motifs is 2. The normalized spacial score (nSPS) is 13.2. The van der Waals surface area contributed by atoms with Gasteiger partial charge >= 0.3 is 0 Å². The van der Waals surface area contributed by atoms with Crippen molar-refractivity contribution in [2.24, 2.45) is 4.99 Å². The predicted molar refractivity (Wildman–Crippen MR) is 185 cm³/mol. The van der Waals surface area contributed by atoms with Gasteiger partial charge in [0.25, 0.3) is 0 Å². The Morgan fingerprint density at radius 2 is 1.79 bits per heavy atom. The molecule has 4 rings (SSSR count). The monoisotopic (exact) mass is 570 g/mol. The van der Waals surface area contributed by atoms with Crippen LogP contribution in [0.2, 0.25) is 0 Å². The second kappa shape index (κ2) is 14.9. The lowest BCUT2D eigenvalue weighted by Gasteiger charge is -2.11. The van der Waals surface area contributed by atoms with Crippen molar-refractivity contribution >= 4 is 39.8 Å². The van der Waals surface area contributed by atoms with Gasteiger partial charge in [0.2, 0.25) is 0 Å². The molecule has 43 heavy (non-hydrogen) atoms. The molecule has 4 aromatic heterocycles. The van der Waals surface area contributed by atoms with Gasteiger partial charge in [-0.25, -0.2) is 0 Å². The number of pyridine rings is 2. The van der Waals surface area contributed by atoms with Crippen LogP contribution in [0, 0.1) is 0 Å². The topological polar surface area (TPSA) is 60.0 Å². The molecule has 0 radical (unpaired) electrons. The molecule has 0 amide bonds. The molecule has 0 fully saturated rings. The van der Waals surface area contributed by atoms with E-state index in [9.17, 15) is 0 Å². The SMILES string of the molecule is C=CCN=Cc1c(CC)n(/C(C=C)=C/C=C(C)/C(/C=C\Cn2c(C=C)c(CNC)c3ccncc32)=C/C)c2cnccc12. The molecule has 0 spiro atoms. The van der Waals surface area contributed by atoms with Gasteiger partial charge in [-0.05, 0) is 74.4 Å². The van der Waals surface area contributed by atoms with E-state index in [1.165, 1.54) is 16.6 Å². The lowest BCUT2D eigenvalue weighted by Crippen LogP contribution is -2.07. The highest BCUT2D eigenvalue weighted by atomic mass is 15.0. The molecule has 0 saturated carbocycles. The van der Waals surface area contributed by atoms with Gasteiger partial charge in [-0.1, -0.05) is 50.5 Å². The van der Waals surface area contributed by atoms with Crippen molar-refractivity contribution < 1.29 is 0 Å². The summed E-state index contributed by atoms with van der Waals surface area (Å²) in [6.45, 7) is 20.5. The number of hydrogen-bond acceptors (Lipinski definition) is 4. The van der Waals surface area contributed by atoms with E-state index in [1.807, 2.05) is 56.3 Å². The molecular formula is C37H42N6. The predicted octanol–water partition coefficient (Wildman–Crippen LogP) is 8.09. The molecule has 0 unspecified atom stereocenters. The fourth-order valence-electron chi connectivity index (χ4n) is 5.58. The minimum atomic E-state index is 0.579. The van der Waals surface area contributed by atoms with Crippen LogP contribution >= 0.6 is 0 Å². The van der Waals surface area contributed by atoms with Gasteiger partial charge in [0, 0.05) is 65.1 Å². The van der Waals surface area contributed by atoms with Crippen molar-refractivity contribution in [3.05, 3.63) is 133 Å². The largest absolute Gasteiger partial charge is 0.336 e. The van der Waals surface area contributed by atoms with Crippen molar-refractivity contribution in [3.63, 3.8) is 0 Å². The second-order valence-electron chi connectivity index (χ2n) is 10.1. The maximum atomic E-state index is 4.55. The first-order chi connectivity index (χ1) is 21.0. The van der Waals surface area contributed by atoms with E-state index in [4.69, 9.17) is 0 Å². The van der Waals surface area contributed by atoms with Crippen LogP contribution in [0.1, 0.15) is 43.3 Å². The van der Waals surface area contributed by atoms with E-state index in [-0.39, 0.29) is 0 Å². The lowest BCUT2D eigenvalue weighted by molar-refractivity contribution is 0.796. The molecule has 0 aliphatic carbocycles. The number of rotatable bonds is 14. The Hall–Kier alpha value is -4.81. The van der Waals surface area contributed by atoms with Crippen LogP contribution in [0.4, 0.5) is 0 Å². The maximum Gasteiger partial charge on any atom is 0.0721 e. The number of hydrogen-bond donors (Lipinski definition) is 1. The Morgan fingerprint density at radius 3 is 2.44 bits per heavy atom. The minimum absolute atomic E-state index is 0.579. The fourth-order valence-corrected chi connectivity index (χ4v) is 5.58. The molecule has 0 saturated heterocycles. The third-order valence-electron chi connectivity index (χ3n) is 7.59. The quantitative estimate of drug-likeness (QED) is 0.0947. The van der Waals surface area contributed by atoms with Gasteiger partial charge in [0.15, 0.2) is 0 Å². The Bertz CT molecular complexity index is 1780. The van der Waals surface area contributed by atoms with E-state index >= 15 is 0 Å². The maximum absolute atomic E-state index is 4.55. The molecule has 4 heterocycles. The average molecular weight is 571 g/mol. The van der Waals surface area contributed by atoms with Crippen LogP contribution in [0.25, 0.3) is 33.6 Å². The van der Waals surface area contributed by atoms with Crippen molar-refractivity contribution in [2.45, 2.75) is 40.3 Å². The highest BCUT2D eigenvalue weighted by molar-refractivity contribution is 6.02. The molecule has 1 N–H and O–H groups in total. The molecule has 6 nitrogen and oxygen atoms in total. The lowest BCUT2D eigenvalue weighted by atomic mass is 10.1. The Kier molecular flexibility index (Phi) is 10.8. The highest BCUT2D eigenvalue weighted by Crippen LogP contribution is 2.30. The summed E-state index contributed by atoms with van der Waals surface area (Å²) in [5.41, 5.74) is 10.1. The molecule has 4 aromatic rings. The Balaban J connectivity index is 1.67. The first-order valence-electron chi connectivity index (χ1n) is 14.7. The van der Waals surface area contributed by atoms with Crippen LogP contribution in [0.15, 0.2) is 115 Å². The van der Waals surface area contributed by atoms with E-state index in [2.05, 4.69) is 106 Å². The first kappa shape index (κ1) is 31.1. The molecular weight excluding hydrogens is 528 g/mol. The minimum Gasteiger partial charge on any atom is -0.336 e. The first-order valence-corrected chi connectivity index (χ1v) is 14.7. The van der Waals surface area contributed by atoms with Gasteiger partial charge in [0.1, 0.15) is 0 Å². The molecule has 0 aromatic carbocycles. The van der Waals surface area contributed by atoms with E-state index in [1.54, 1.807) is 6.08 Å². The summed E-state index contributed by atoms with van der Waals surface area (Å²) in [5.74, 6) is 0. The van der Waals surface area contributed by atoms with Crippen LogP contribution in [0.5, 0.6) is 0 Å². The van der Waals surface area contributed by atoms with Gasteiger partial charge in [-0.2, -0.15) is 0 Å². The zero-order valence-electron chi connectivity index (χ0n) is 25.8. The zero-order valence-corrected chi connectivity index (χ0v) is 25.8. The summed E-state index contributed by atoms with van der Waals surface area (Å²) < 4.78 is 4.51. The van der Waals surface area contributed by atoms with Crippen LogP contribution in [0.3, 0.4) is 0 Å². The number of allylic oxidation sites excluding steroid dienone is 9. The highest BCUT2D eigenvalue weighted by Gasteiger charge is 2.16.